The second-order valence-corrected chi connectivity index (χ2v) is 12.0. The van der Waals surface area contributed by atoms with Gasteiger partial charge in [-0.2, -0.15) is 5.10 Å². The highest BCUT2D eigenvalue weighted by molar-refractivity contribution is 7.92. The summed E-state index contributed by atoms with van der Waals surface area (Å²) in [6.45, 7) is 2.39. The highest BCUT2D eigenvalue weighted by Crippen LogP contribution is 2.45. The molecule has 42 heavy (non-hydrogen) atoms. The number of aliphatic hydroxyl groups is 1. The Bertz CT molecular complexity index is 1960. The van der Waals surface area contributed by atoms with Crippen molar-refractivity contribution in [3.8, 4) is 17.2 Å². The third-order valence-corrected chi connectivity index (χ3v) is 8.02. The van der Waals surface area contributed by atoms with E-state index in [-0.39, 0.29) is 6.61 Å². The Hall–Kier alpha value is -4.60. The topological polar surface area (TPSA) is 103 Å². The Kier molecular flexibility index (Phi) is 7.22. The lowest BCUT2D eigenvalue weighted by Crippen LogP contribution is -2.09. The lowest BCUT2D eigenvalue weighted by atomic mass is 9.85. The summed E-state index contributed by atoms with van der Waals surface area (Å²) in [5.74, 6) is 1.44. The summed E-state index contributed by atoms with van der Waals surface area (Å²) in [5.41, 5.74) is 8.92. The molecule has 0 bridgehead atoms. The molecule has 0 aliphatic carbocycles. The highest BCUT2D eigenvalue weighted by atomic mass is 32.2. The first kappa shape index (κ1) is 27.6. The van der Waals surface area contributed by atoms with Gasteiger partial charge in [-0.25, -0.2) is 13.1 Å². The molecule has 6 rings (SSSR count). The van der Waals surface area contributed by atoms with Crippen molar-refractivity contribution in [2.24, 2.45) is 0 Å². The Morgan fingerprint density at radius 3 is 2.64 bits per heavy atom. The van der Waals surface area contributed by atoms with Crippen LogP contribution < -0.4 is 14.2 Å². The maximum atomic E-state index is 12.0. The van der Waals surface area contributed by atoms with E-state index in [0.29, 0.717) is 24.5 Å². The number of nitrogens with zero attached hydrogens (tertiary/aromatic N) is 2. The van der Waals surface area contributed by atoms with Gasteiger partial charge in [0.05, 0.1) is 37.4 Å². The van der Waals surface area contributed by atoms with Crippen LogP contribution in [0.4, 0.5) is 5.69 Å². The molecular weight excluding hydrogens is 550 g/mol. The fourth-order valence-corrected chi connectivity index (χ4v) is 6.11. The van der Waals surface area contributed by atoms with Crippen LogP contribution in [0.3, 0.4) is 0 Å². The van der Waals surface area contributed by atoms with Gasteiger partial charge in [0.2, 0.25) is 10.0 Å². The number of rotatable bonds is 7. The summed E-state index contributed by atoms with van der Waals surface area (Å²) in [7, 11) is -1.80. The molecule has 0 unspecified atom stereocenters. The van der Waals surface area contributed by atoms with Crippen LogP contribution in [-0.4, -0.2) is 36.7 Å². The summed E-state index contributed by atoms with van der Waals surface area (Å²) >= 11 is 0. The number of sulfonamides is 1. The van der Waals surface area contributed by atoms with Crippen LogP contribution in [0.5, 0.6) is 11.5 Å². The number of anilines is 1. The number of aromatic nitrogens is 2. The van der Waals surface area contributed by atoms with Crippen molar-refractivity contribution < 1.29 is 23.0 Å². The molecule has 9 heteroatoms. The van der Waals surface area contributed by atoms with Crippen molar-refractivity contribution in [1.82, 2.24) is 9.78 Å². The van der Waals surface area contributed by atoms with Crippen molar-refractivity contribution in [2.75, 3.05) is 18.1 Å². The van der Waals surface area contributed by atoms with Crippen LogP contribution in [0, 0.1) is 0 Å². The summed E-state index contributed by atoms with van der Waals surface area (Å²) < 4.78 is 40.4. The zero-order valence-corrected chi connectivity index (χ0v) is 24.4. The van der Waals surface area contributed by atoms with Crippen LogP contribution in [0.1, 0.15) is 41.2 Å². The highest BCUT2D eigenvalue weighted by Gasteiger charge is 2.25. The molecule has 0 fully saturated rings. The van der Waals surface area contributed by atoms with E-state index in [1.54, 1.807) is 13.2 Å². The van der Waals surface area contributed by atoms with Gasteiger partial charge in [-0.15, -0.1) is 0 Å². The maximum absolute atomic E-state index is 12.0. The van der Waals surface area contributed by atoms with Crippen molar-refractivity contribution in [3.05, 3.63) is 113 Å². The molecule has 4 aromatic carbocycles. The minimum Gasteiger partial charge on any atom is -0.497 e. The number of methoxy groups -OCH3 is 1. The van der Waals surface area contributed by atoms with E-state index in [1.165, 1.54) is 0 Å². The monoisotopic (exact) mass is 581 g/mol. The molecular formula is C33H31N3O5S. The number of ether oxygens (including phenoxy) is 2. The molecule has 1 aromatic heterocycles. The summed E-state index contributed by atoms with van der Waals surface area (Å²) in [6, 6.07) is 25.2. The lowest BCUT2D eigenvalue weighted by molar-refractivity contribution is 0.282. The predicted octanol–water partition coefficient (Wildman–Crippen LogP) is 6.16. The van der Waals surface area contributed by atoms with E-state index >= 15 is 0 Å². The molecule has 0 spiro atoms. The van der Waals surface area contributed by atoms with E-state index in [0.717, 1.165) is 67.6 Å². The van der Waals surface area contributed by atoms with Gasteiger partial charge >= 0.3 is 0 Å². The summed E-state index contributed by atoms with van der Waals surface area (Å²) in [5, 5.41) is 15.3. The van der Waals surface area contributed by atoms with Gasteiger partial charge in [0.15, 0.2) is 0 Å². The SMILES string of the molecule is CC/C(=C1\c2cc3cnn(-c4cccc(CO)c4)c3cc2COc2ccc(OC)cc21)c1cccc(NS(C)(=O)=O)c1. The first-order valence-corrected chi connectivity index (χ1v) is 15.5. The molecule has 0 radical (unpaired) electrons. The van der Waals surface area contributed by atoms with Crippen molar-refractivity contribution in [2.45, 2.75) is 26.6 Å². The lowest BCUT2D eigenvalue weighted by Gasteiger charge is -2.19. The van der Waals surface area contributed by atoms with Crippen LogP contribution >= 0.6 is 0 Å². The molecule has 2 heterocycles. The zero-order chi connectivity index (χ0) is 29.4. The normalized spacial score (nSPS) is 14.0. The molecule has 0 amide bonds. The number of hydrogen-bond donors (Lipinski definition) is 2. The van der Waals surface area contributed by atoms with Gasteiger partial charge < -0.3 is 14.6 Å². The van der Waals surface area contributed by atoms with E-state index < -0.39 is 10.0 Å². The zero-order valence-electron chi connectivity index (χ0n) is 23.6. The van der Waals surface area contributed by atoms with E-state index in [9.17, 15) is 13.5 Å². The largest absolute Gasteiger partial charge is 0.497 e. The third kappa shape index (κ3) is 5.24. The molecule has 2 N–H and O–H groups in total. The van der Waals surface area contributed by atoms with Crippen molar-refractivity contribution >= 4 is 37.8 Å². The Morgan fingerprint density at radius 2 is 1.88 bits per heavy atom. The van der Waals surface area contributed by atoms with Gasteiger partial charge in [0, 0.05) is 16.6 Å². The summed E-state index contributed by atoms with van der Waals surface area (Å²) in [6.07, 6.45) is 3.67. The molecule has 0 saturated carbocycles. The summed E-state index contributed by atoms with van der Waals surface area (Å²) in [4.78, 5) is 0. The smallest absolute Gasteiger partial charge is 0.229 e. The first-order chi connectivity index (χ1) is 20.3. The quantitative estimate of drug-likeness (QED) is 0.239. The Balaban J connectivity index is 1.61. The minimum absolute atomic E-state index is 0.0488. The van der Waals surface area contributed by atoms with Crippen molar-refractivity contribution in [1.29, 1.82) is 0 Å². The van der Waals surface area contributed by atoms with Gasteiger partial charge in [0.25, 0.3) is 0 Å². The molecule has 0 saturated heterocycles. The van der Waals surface area contributed by atoms with Gasteiger partial charge in [-0.05, 0) is 94.4 Å². The molecule has 1 aliphatic rings. The number of nitrogens with one attached hydrogen (secondary N) is 1. The second-order valence-electron chi connectivity index (χ2n) is 10.3. The number of fused-ring (bicyclic) bond motifs is 3. The predicted molar refractivity (Wildman–Crippen MR) is 165 cm³/mol. The molecule has 8 nitrogen and oxygen atoms in total. The van der Waals surface area contributed by atoms with Crippen LogP contribution in [0.15, 0.2) is 85.1 Å². The fraction of sp³-hybridized carbons (Fsp3) is 0.182. The number of hydrogen-bond acceptors (Lipinski definition) is 6. The van der Waals surface area contributed by atoms with E-state index in [1.807, 2.05) is 71.5 Å². The molecule has 0 atom stereocenters. The molecule has 5 aromatic rings. The number of allylic oxidation sites excluding steroid dienone is 1. The first-order valence-electron chi connectivity index (χ1n) is 13.6. The van der Waals surface area contributed by atoms with Gasteiger partial charge in [0.1, 0.15) is 18.1 Å². The van der Waals surface area contributed by atoms with Crippen LogP contribution in [0.25, 0.3) is 27.7 Å². The maximum Gasteiger partial charge on any atom is 0.229 e. The average molecular weight is 582 g/mol. The number of benzene rings is 4. The van der Waals surface area contributed by atoms with E-state index in [2.05, 4.69) is 23.8 Å². The Labute approximate surface area is 244 Å². The van der Waals surface area contributed by atoms with Crippen molar-refractivity contribution in [3.63, 3.8) is 0 Å². The van der Waals surface area contributed by atoms with Crippen LogP contribution in [0.2, 0.25) is 0 Å². The third-order valence-electron chi connectivity index (χ3n) is 7.41. The average Bonchev–Trinajstić information content (AvgIpc) is 3.33. The Morgan fingerprint density at radius 1 is 1.05 bits per heavy atom. The fourth-order valence-electron chi connectivity index (χ4n) is 5.55. The van der Waals surface area contributed by atoms with Crippen LogP contribution in [-0.2, 0) is 23.2 Å². The number of aliphatic hydroxyl groups excluding tert-OH is 1. The van der Waals surface area contributed by atoms with Gasteiger partial charge in [-0.1, -0.05) is 31.2 Å². The minimum atomic E-state index is -3.44. The standard InChI is InChI=1S/C33H31N3O5S/c1-4-28(22-8-6-9-25(14-22)35-42(3,38)39)33-29-15-23-18-34-36(26-10-5-7-21(13-26)19-37)31(23)16-24(29)20-41-32-12-11-27(40-2)17-30(32)33/h5-18,35,37H,4,19-20H2,1-3H3/b33-28-. The molecule has 1 aliphatic heterocycles. The van der Waals surface area contributed by atoms with Gasteiger partial charge in [-0.3, -0.25) is 4.72 Å². The second kappa shape index (κ2) is 11.0. The molecule has 214 valence electrons. The van der Waals surface area contributed by atoms with E-state index in [4.69, 9.17) is 14.6 Å².